The van der Waals surface area contributed by atoms with Crippen molar-refractivity contribution in [2.24, 2.45) is 0 Å². The van der Waals surface area contributed by atoms with Gasteiger partial charge in [0, 0.05) is 12.7 Å². The van der Waals surface area contributed by atoms with E-state index in [2.05, 4.69) is 10.6 Å². The van der Waals surface area contributed by atoms with Crippen molar-refractivity contribution in [2.75, 3.05) is 19.0 Å². The number of fused-ring (bicyclic) bond motifs is 1. The predicted octanol–water partition coefficient (Wildman–Crippen LogP) is 3.92. The minimum atomic E-state index is -0.534. The summed E-state index contributed by atoms with van der Waals surface area (Å²) in [5.41, 5.74) is 2.08. The van der Waals surface area contributed by atoms with Crippen LogP contribution in [-0.2, 0) is 9.53 Å². The third-order valence-electron chi connectivity index (χ3n) is 4.42. The molecule has 3 rings (SSSR count). The second-order valence-corrected chi connectivity index (χ2v) is 6.23. The number of benzene rings is 3. The molecule has 0 aliphatic rings. The molecule has 0 heterocycles. The largest absolute Gasteiger partial charge is 0.452 e. The van der Waals surface area contributed by atoms with Crippen LogP contribution in [-0.4, -0.2) is 25.5 Å². The minimum absolute atomic E-state index is 0.202. The van der Waals surface area contributed by atoms with Gasteiger partial charge in [-0.25, -0.2) is 4.79 Å². The van der Waals surface area contributed by atoms with E-state index in [0.717, 1.165) is 16.3 Å². The molecule has 138 valence electrons. The van der Waals surface area contributed by atoms with Crippen molar-refractivity contribution in [3.05, 3.63) is 77.9 Å². The van der Waals surface area contributed by atoms with E-state index < -0.39 is 5.97 Å². The van der Waals surface area contributed by atoms with Crippen LogP contribution in [0.2, 0.25) is 0 Å². The van der Waals surface area contributed by atoms with Crippen LogP contribution in [0.3, 0.4) is 0 Å². The lowest BCUT2D eigenvalue weighted by atomic mass is 10.00. The molecule has 1 amide bonds. The van der Waals surface area contributed by atoms with Crippen molar-refractivity contribution in [3.63, 3.8) is 0 Å². The van der Waals surface area contributed by atoms with Gasteiger partial charge >= 0.3 is 5.97 Å². The molecular weight excluding hydrogens is 340 g/mol. The van der Waals surface area contributed by atoms with Gasteiger partial charge in [0.25, 0.3) is 5.91 Å². The third-order valence-corrected chi connectivity index (χ3v) is 4.42. The number of para-hydroxylation sites is 1. The molecule has 0 spiro atoms. The number of carbonyl (C=O) groups excluding carboxylic acids is 2. The van der Waals surface area contributed by atoms with Crippen molar-refractivity contribution >= 4 is 28.3 Å². The van der Waals surface area contributed by atoms with Crippen LogP contribution >= 0.6 is 0 Å². The maximum atomic E-state index is 12.2. The van der Waals surface area contributed by atoms with Gasteiger partial charge in [-0.2, -0.15) is 0 Å². The van der Waals surface area contributed by atoms with Crippen LogP contribution in [0.1, 0.15) is 28.9 Å². The molecule has 0 fully saturated rings. The summed E-state index contributed by atoms with van der Waals surface area (Å²) in [5.74, 6) is -0.876. The van der Waals surface area contributed by atoms with Crippen molar-refractivity contribution in [2.45, 2.75) is 13.0 Å². The number of hydrogen-bond acceptors (Lipinski definition) is 4. The zero-order valence-corrected chi connectivity index (χ0v) is 15.4. The van der Waals surface area contributed by atoms with Crippen LogP contribution in [0.5, 0.6) is 0 Å². The number of anilines is 1. The Bertz CT molecular complexity index is 963. The van der Waals surface area contributed by atoms with Crippen LogP contribution in [0.15, 0.2) is 66.7 Å². The summed E-state index contributed by atoms with van der Waals surface area (Å²) in [6.45, 7) is 1.59. The highest BCUT2D eigenvalue weighted by molar-refractivity contribution is 5.96. The number of nitrogens with one attached hydrogen (secondary N) is 2. The van der Waals surface area contributed by atoms with E-state index in [0.29, 0.717) is 11.3 Å². The quantitative estimate of drug-likeness (QED) is 0.652. The van der Waals surface area contributed by atoms with E-state index in [1.54, 1.807) is 25.2 Å². The molecule has 0 aliphatic heterocycles. The van der Waals surface area contributed by atoms with Crippen LogP contribution in [0, 0.1) is 0 Å². The number of esters is 1. The van der Waals surface area contributed by atoms with Gasteiger partial charge in [-0.05, 0) is 35.4 Å². The Hall–Kier alpha value is -3.34. The average molecular weight is 362 g/mol. The molecular formula is C22H22N2O3. The Morgan fingerprint density at radius 1 is 0.963 bits per heavy atom. The van der Waals surface area contributed by atoms with E-state index in [1.165, 1.54) is 0 Å². The molecule has 2 N–H and O–H groups in total. The van der Waals surface area contributed by atoms with Gasteiger partial charge < -0.3 is 15.4 Å². The topological polar surface area (TPSA) is 67.4 Å². The molecule has 0 bridgehead atoms. The number of carbonyl (C=O) groups is 2. The van der Waals surface area contributed by atoms with Crippen molar-refractivity contribution in [1.29, 1.82) is 0 Å². The molecule has 0 saturated carbocycles. The summed E-state index contributed by atoms with van der Waals surface area (Å²) in [6, 6.07) is 20.8. The van der Waals surface area contributed by atoms with Crippen molar-refractivity contribution in [3.8, 4) is 0 Å². The second kappa shape index (κ2) is 8.36. The fraction of sp³-hybridized carbons (Fsp3) is 0.182. The second-order valence-electron chi connectivity index (χ2n) is 6.23. The van der Waals surface area contributed by atoms with Crippen LogP contribution < -0.4 is 10.6 Å². The fourth-order valence-corrected chi connectivity index (χ4v) is 3.08. The zero-order chi connectivity index (χ0) is 19.2. The van der Waals surface area contributed by atoms with E-state index in [1.807, 2.05) is 55.5 Å². The molecule has 3 aromatic carbocycles. The molecule has 0 saturated heterocycles. The average Bonchev–Trinajstić information content (AvgIpc) is 2.71. The molecule has 0 aromatic heterocycles. The Morgan fingerprint density at radius 3 is 2.48 bits per heavy atom. The van der Waals surface area contributed by atoms with Gasteiger partial charge in [-0.3, -0.25) is 4.79 Å². The molecule has 5 heteroatoms. The highest BCUT2D eigenvalue weighted by atomic mass is 16.5. The lowest BCUT2D eigenvalue weighted by Crippen LogP contribution is -2.31. The van der Waals surface area contributed by atoms with Crippen molar-refractivity contribution in [1.82, 2.24) is 5.32 Å². The highest BCUT2D eigenvalue weighted by Gasteiger charge is 2.16. The summed E-state index contributed by atoms with van der Waals surface area (Å²) >= 11 is 0. The van der Waals surface area contributed by atoms with Gasteiger partial charge in [0.2, 0.25) is 0 Å². The third kappa shape index (κ3) is 4.26. The number of rotatable bonds is 6. The smallest absolute Gasteiger partial charge is 0.340 e. The SMILES string of the molecule is CNc1ccccc1C(=O)OCC(=O)N[C@@H](C)c1cccc2ccccc12. The fourth-order valence-electron chi connectivity index (χ4n) is 3.08. The van der Waals surface area contributed by atoms with Gasteiger partial charge in [0.15, 0.2) is 6.61 Å². The lowest BCUT2D eigenvalue weighted by molar-refractivity contribution is -0.124. The van der Waals surface area contributed by atoms with E-state index in [9.17, 15) is 9.59 Å². The van der Waals surface area contributed by atoms with E-state index in [4.69, 9.17) is 4.74 Å². The maximum Gasteiger partial charge on any atom is 0.340 e. The van der Waals surface area contributed by atoms with Crippen molar-refractivity contribution < 1.29 is 14.3 Å². The number of hydrogen-bond donors (Lipinski definition) is 2. The highest BCUT2D eigenvalue weighted by Crippen LogP contribution is 2.24. The molecule has 0 unspecified atom stereocenters. The Morgan fingerprint density at radius 2 is 1.67 bits per heavy atom. The lowest BCUT2D eigenvalue weighted by Gasteiger charge is -2.17. The predicted molar refractivity (Wildman–Crippen MR) is 107 cm³/mol. The van der Waals surface area contributed by atoms with Crippen LogP contribution in [0.25, 0.3) is 10.8 Å². The van der Waals surface area contributed by atoms with Gasteiger partial charge in [-0.15, -0.1) is 0 Å². The first-order chi connectivity index (χ1) is 13.1. The number of amides is 1. The Labute approximate surface area is 158 Å². The number of ether oxygens (including phenoxy) is 1. The molecule has 3 aromatic rings. The molecule has 27 heavy (non-hydrogen) atoms. The maximum absolute atomic E-state index is 12.2. The normalized spacial score (nSPS) is 11.6. The van der Waals surface area contributed by atoms with E-state index in [-0.39, 0.29) is 18.6 Å². The first-order valence-electron chi connectivity index (χ1n) is 8.81. The molecule has 0 aliphatic carbocycles. The summed E-state index contributed by atoms with van der Waals surface area (Å²) in [6.07, 6.45) is 0. The molecule has 0 radical (unpaired) electrons. The summed E-state index contributed by atoms with van der Waals surface area (Å²) in [7, 11) is 1.73. The monoisotopic (exact) mass is 362 g/mol. The molecule has 5 nitrogen and oxygen atoms in total. The summed E-state index contributed by atoms with van der Waals surface area (Å²) in [4.78, 5) is 24.5. The standard InChI is InChI=1S/C22H22N2O3/c1-15(17-12-7-9-16-8-3-4-10-18(16)17)24-21(25)14-27-22(26)19-11-5-6-13-20(19)23-2/h3-13,15,23H,14H2,1-2H3,(H,24,25)/t15-/m0/s1. The van der Waals surface area contributed by atoms with Gasteiger partial charge in [-0.1, -0.05) is 54.6 Å². The molecule has 1 atom stereocenters. The first-order valence-corrected chi connectivity index (χ1v) is 8.81. The Kier molecular flexibility index (Phi) is 5.71. The summed E-state index contributed by atoms with van der Waals surface area (Å²) in [5, 5.41) is 8.03. The zero-order valence-electron chi connectivity index (χ0n) is 15.4. The van der Waals surface area contributed by atoms with E-state index >= 15 is 0 Å². The van der Waals surface area contributed by atoms with Crippen LogP contribution in [0.4, 0.5) is 5.69 Å². The van der Waals surface area contributed by atoms with Gasteiger partial charge in [0.05, 0.1) is 11.6 Å². The first kappa shape index (κ1) is 18.5. The summed E-state index contributed by atoms with van der Waals surface area (Å²) < 4.78 is 5.17. The minimum Gasteiger partial charge on any atom is -0.452 e. The Balaban J connectivity index is 1.63. The van der Waals surface area contributed by atoms with Gasteiger partial charge in [0.1, 0.15) is 0 Å².